The van der Waals surface area contributed by atoms with Crippen molar-refractivity contribution in [3.05, 3.63) is 0 Å². The van der Waals surface area contributed by atoms with Crippen LogP contribution in [0, 0.1) is 0 Å². The Hall–Kier alpha value is -1.00. The fraction of sp³-hybridized carbons (Fsp3) is 0.714. The summed E-state index contributed by atoms with van der Waals surface area (Å²) in [5, 5.41) is 8.77. The van der Waals surface area contributed by atoms with E-state index in [1.807, 2.05) is 4.72 Å². The lowest BCUT2D eigenvalue weighted by molar-refractivity contribution is -0.139. The molecule has 0 saturated carbocycles. The largest absolute Gasteiger partial charge is 0.480 e. The Balaban J connectivity index is 4.52. The third kappa shape index (κ3) is 7.02. The molecule has 10 heteroatoms. The third-order valence-electron chi connectivity index (χ3n) is 1.61. The summed E-state index contributed by atoms with van der Waals surface area (Å²) >= 11 is 1.38. The van der Waals surface area contributed by atoms with E-state index in [1.165, 1.54) is 16.5 Å². The molecule has 0 aliphatic rings. The summed E-state index contributed by atoms with van der Waals surface area (Å²) in [7, 11) is -3.24. The van der Waals surface area contributed by atoms with Crippen LogP contribution in [0.2, 0.25) is 0 Å². The maximum absolute atomic E-state index is 11.3. The maximum Gasteiger partial charge on any atom is 0.421 e. The number of thioether (sulfide) groups is 1. The highest BCUT2D eigenvalue weighted by molar-refractivity contribution is 7.98. The van der Waals surface area contributed by atoms with E-state index in [9.17, 15) is 18.0 Å². The summed E-state index contributed by atoms with van der Waals surface area (Å²) in [4.78, 5) is 21.4. The molecule has 0 rings (SSSR count). The van der Waals surface area contributed by atoms with Crippen LogP contribution in [0.1, 0.15) is 6.42 Å². The number of carboxylic acids is 1. The van der Waals surface area contributed by atoms with Crippen LogP contribution < -0.4 is 9.44 Å². The molecule has 0 aromatic carbocycles. The lowest BCUT2D eigenvalue weighted by Gasteiger charge is -2.14. The highest BCUT2D eigenvalue weighted by Crippen LogP contribution is 2.02. The Morgan fingerprint density at radius 2 is 2.06 bits per heavy atom. The number of amides is 1. The fourth-order valence-corrected chi connectivity index (χ4v) is 2.26. The van der Waals surface area contributed by atoms with Gasteiger partial charge in [-0.05, 0) is 18.4 Å². The third-order valence-corrected chi connectivity index (χ3v) is 3.28. The van der Waals surface area contributed by atoms with Crippen LogP contribution in [-0.2, 0) is 19.7 Å². The van der Waals surface area contributed by atoms with E-state index in [0.717, 1.165) is 7.11 Å². The zero-order chi connectivity index (χ0) is 13.5. The fourth-order valence-electron chi connectivity index (χ4n) is 0.837. The first kappa shape index (κ1) is 16.0. The van der Waals surface area contributed by atoms with Crippen molar-refractivity contribution in [3.63, 3.8) is 0 Å². The zero-order valence-electron chi connectivity index (χ0n) is 9.30. The maximum atomic E-state index is 11.3. The number of carboxylic acid groups (broad SMARTS) is 1. The number of methoxy groups -OCH3 is 1. The number of carbonyl (C=O) groups excluding carboxylic acids is 1. The molecule has 17 heavy (non-hydrogen) atoms. The molecular formula is C7H14N2O6S2. The molecule has 0 aliphatic carbocycles. The molecule has 1 atom stereocenters. The van der Waals surface area contributed by atoms with Crippen molar-refractivity contribution < 1.29 is 27.9 Å². The average Bonchev–Trinajstić information content (AvgIpc) is 2.22. The number of rotatable bonds is 7. The molecule has 0 radical (unpaired) electrons. The zero-order valence-corrected chi connectivity index (χ0v) is 10.9. The lowest BCUT2D eigenvalue weighted by Crippen LogP contribution is -2.48. The number of aliphatic carboxylic acids is 1. The molecule has 0 saturated heterocycles. The Bertz CT molecular complexity index is 369. The molecule has 0 fully saturated rings. The Morgan fingerprint density at radius 1 is 1.47 bits per heavy atom. The molecule has 0 aromatic heterocycles. The van der Waals surface area contributed by atoms with Crippen molar-refractivity contribution in [2.24, 2.45) is 0 Å². The molecule has 0 spiro atoms. The van der Waals surface area contributed by atoms with E-state index < -0.39 is 28.3 Å². The summed E-state index contributed by atoms with van der Waals surface area (Å²) in [5.74, 6) is -0.841. The number of carbonyl (C=O) groups is 2. The van der Waals surface area contributed by atoms with Gasteiger partial charge in [0.25, 0.3) is 0 Å². The number of ether oxygens (including phenoxy) is 1. The standard InChI is InChI=1S/C7H14N2O6S2/c1-15-7(12)9-17(13,14)8-5(6(10)11)3-4-16-2/h5,8H,3-4H2,1-2H3,(H,9,12)(H,10,11)/t5-/m1/s1. The minimum atomic E-state index is -4.23. The Labute approximate surface area is 103 Å². The van der Waals surface area contributed by atoms with Crippen LogP contribution in [0.3, 0.4) is 0 Å². The normalized spacial score (nSPS) is 12.8. The molecule has 8 nitrogen and oxygen atoms in total. The van der Waals surface area contributed by atoms with Crippen LogP contribution in [-0.4, -0.2) is 50.7 Å². The smallest absolute Gasteiger partial charge is 0.421 e. The van der Waals surface area contributed by atoms with Crippen molar-refractivity contribution in [2.75, 3.05) is 19.1 Å². The predicted octanol–water partition coefficient (Wildman–Crippen LogP) is -0.617. The summed E-state index contributed by atoms with van der Waals surface area (Å²) in [5.41, 5.74) is 0. The van der Waals surface area contributed by atoms with Gasteiger partial charge in [-0.2, -0.15) is 24.9 Å². The molecule has 1 amide bonds. The monoisotopic (exact) mass is 286 g/mol. The molecule has 0 aliphatic heterocycles. The van der Waals surface area contributed by atoms with Gasteiger partial charge in [-0.25, -0.2) is 9.52 Å². The van der Waals surface area contributed by atoms with Gasteiger partial charge in [0.1, 0.15) is 6.04 Å². The molecule has 100 valence electrons. The van der Waals surface area contributed by atoms with Gasteiger partial charge in [-0.1, -0.05) is 0 Å². The van der Waals surface area contributed by atoms with E-state index in [1.54, 1.807) is 6.26 Å². The van der Waals surface area contributed by atoms with Gasteiger partial charge in [-0.3, -0.25) is 4.79 Å². The van der Waals surface area contributed by atoms with Gasteiger partial charge < -0.3 is 9.84 Å². The van der Waals surface area contributed by atoms with Crippen molar-refractivity contribution >= 4 is 34.0 Å². The first-order valence-electron chi connectivity index (χ1n) is 4.42. The van der Waals surface area contributed by atoms with E-state index in [4.69, 9.17) is 5.11 Å². The van der Waals surface area contributed by atoms with Gasteiger partial charge in [0, 0.05) is 0 Å². The highest BCUT2D eigenvalue weighted by Gasteiger charge is 2.24. The van der Waals surface area contributed by atoms with Gasteiger partial charge in [0.2, 0.25) is 0 Å². The van der Waals surface area contributed by atoms with Gasteiger partial charge in [0.05, 0.1) is 7.11 Å². The topological polar surface area (TPSA) is 122 Å². The second kappa shape index (κ2) is 7.35. The van der Waals surface area contributed by atoms with Crippen molar-refractivity contribution in [1.82, 2.24) is 9.44 Å². The Morgan fingerprint density at radius 3 is 2.47 bits per heavy atom. The van der Waals surface area contributed by atoms with E-state index in [-0.39, 0.29) is 6.42 Å². The highest BCUT2D eigenvalue weighted by atomic mass is 32.2. The van der Waals surface area contributed by atoms with Crippen LogP contribution in [0.4, 0.5) is 4.79 Å². The van der Waals surface area contributed by atoms with Gasteiger partial charge in [0.15, 0.2) is 0 Å². The number of nitrogens with one attached hydrogen (secondary N) is 2. The van der Waals surface area contributed by atoms with E-state index >= 15 is 0 Å². The summed E-state index contributed by atoms with van der Waals surface area (Å²) < 4.78 is 30.0. The predicted molar refractivity (Wildman–Crippen MR) is 62.0 cm³/mol. The number of hydrogen-bond acceptors (Lipinski definition) is 6. The molecule has 0 unspecified atom stereocenters. The van der Waals surface area contributed by atoms with Gasteiger partial charge >= 0.3 is 22.3 Å². The minimum absolute atomic E-state index is 0.110. The van der Waals surface area contributed by atoms with Crippen LogP contribution in [0.25, 0.3) is 0 Å². The SMILES string of the molecule is COC(=O)NS(=O)(=O)N[C@H](CCSC)C(=O)O. The van der Waals surface area contributed by atoms with Crippen molar-refractivity contribution in [2.45, 2.75) is 12.5 Å². The first-order chi connectivity index (χ1) is 7.82. The summed E-state index contributed by atoms with van der Waals surface area (Å²) in [6, 6.07) is -1.29. The molecule has 3 N–H and O–H groups in total. The quantitative estimate of drug-likeness (QED) is 0.570. The second-order valence-electron chi connectivity index (χ2n) is 2.89. The average molecular weight is 286 g/mol. The summed E-state index contributed by atoms with van der Waals surface area (Å²) in [6.45, 7) is 0. The molecule has 0 aromatic rings. The van der Waals surface area contributed by atoms with Crippen molar-refractivity contribution in [1.29, 1.82) is 0 Å². The second-order valence-corrected chi connectivity index (χ2v) is 5.32. The summed E-state index contributed by atoms with van der Waals surface area (Å²) in [6.07, 6.45) is 0.685. The van der Waals surface area contributed by atoms with Gasteiger partial charge in [-0.15, -0.1) is 0 Å². The van der Waals surface area contributed by atoms with Crippen LogP contribution in [0.5, 0.6) is 0 Å². The van der Waals surface area contributed by atoms with Crippen LogP contribution >= 0.6 is 11.8 Å². The lowest BCUT2D eigenvalue weighted by atomic mass is 10.2. The molecular weight excluding hydrogens is 272 g/mol. The molecule has 0 heterocycles. The van der Waals surface area contributed by atoms with E-state index in [0.29, 0.717) is 5.75 Å². The minimum Gasteiger partial charge on any atom is -0.480 e. The Kier molecular flexibility index (Phi) is 6.92. The first-order valence-corrected chi connectivity index (χ1v) is 7.30. The molecule has 0 bridgehead atoms. The van der Waals surface area contributed by atoms with E-state index in [2.05, 4.69) is 4.74 Å². The van der Waals surface area contributed by atoms with Crippen LogP contribution in [0.15, 0.2) is 0 Å². The number of hydrogen-bond donors (Lipinski definition) is 3. The van der Waals surface area contributed by atoms with Crippen molar-refractivity contribution in [3.8, 4) is 0 Å².